The van der Waals surface area contributed by atoms with Gasteiger partial charge in [-0.05, 0) is 33.2 Å². The van der Waals surface area contributed by atoms with Crippen molar-refractivity contribution < 1.29 is 0 Å². The molecule has 1 saturated heterocycles. The van der Waals surface area contributed by atoms with Gasteiger partial charge in [-0.1, -0.05) is 0 Å². The second-order valence-corrected chi connectivity index (χ2v) is 6.41. The molecule has 2 rings (SSSR count). The summed E-state index contributed by atoms with van der Waals surface area (Å²) >= 11 is 1.89. The zero-order valence-electron chi connectivity index (χ0n) is 11.1. The second-order valence-electron chi connectivity index (χ2n) is 5.04. The van der Waals surface area contributed by atoms with E-state index in [4.69, 9.17) is 0 Å². The molecular weight excluding hydrogens is 230 g/mol. The van der Waals surface area contributed by atoms with Crippen LogP contribution in [0.15, 0.2) is 12.1 Å². The Morgan fingerprint density at radius 2 is 2.18 bits per heavy atom. The van der Waals surface area contributed by atoms with Crippen molar-refractivity contribution in [2.75, 3.05) is 40.3 Å². The van der Waals surface area contributed by atoms with Crippen LogP contribution in [0.3, 0.4) is 0 Å². The van der Waals surface area contributed by atoms with Crippen molar-refractivity contribution in [3.8, 4) is 0 Å². The molecule has 0 amide bonds. The van der Waals surface area contributed by atoms with E-state index >= 15 is 0 Å². The maximum Gasteiger partial charge on any atom is 0.0345 e. The third-order valence-corrected chi connectivity index (χ3v) is 4.46. The summed E-state index contributed by atoms with van der Waals surface area (Å²) in [5.41, 5.74) is 0. The van der Waals surface area contributed by atoms with Crippen molar-refractivity contribution in [2.24, 2.45) is 0 Å². The Kier molecular flexibility index (Phi) is 4.56. The van der Waals surface area contributed by atoms with Gasteiger partial charge in [0.25, 0.3) is 0 Å². The van der Waals surface area contributed by atoms with Crippen molar-refractivity contribution in [3.05, 3.63) is 21.9 Å². The summed E-state index contributed by atoms with van der Waals surface area (Å²) in [5.74, 6) is 0. The van der Waals surface area contributed by atoms with Crippen LogP contribution in [-0.2, 0) is 6.54 Å². The topological polar surface area (TPSA) is 18.5 Å². The molecule has 0 spiro atoms. The number of rotatable bonds is 4. The molecule has 1 aromatic heterocycles. The summed E-state index contributed by atoms with van der Waals surface area (Å²) in [6.07, 6.45) is 0. The molecule has 1 N–H and O–H groups in total. The molecule has 3 nitrogen and oxygen atoms in total. The number of hydrogen-bond acceptors (Lipinski definition) is 4. The van der Waals surface area contributed by atoms with Gasteiger partial charge in [-0.15, -0.1) is 11.3 Å². The highest BCUT2D eigenvalue weighted by Crippen LogP contribution is 2.14. The van der Waals surface area contributed by atoms with Crippen LogP contribution < -0.4 is 5.32 Å². The molecule has 0 aliphatic carbocycles. The normalized spacial score (nSPS) is 23.1. The quantitative estimate of drug-likeness (QED) is 0.875. The van der Waals surface area contributed by atoms with Gasteiger partial charge in [0.05, 0.1) is 0 Å². The molecule has 17 heavy (non-hydrogen) atoms. The molecular formula is C13H23N3S. The van der Waals surface area contributed by atoms with Crippen molar-refractivity contribution >= 4 is 11.3 Å². The predicted octanol–water partition coefficient (Wildman–Crippen LogP) is 1.39. The summed E-state index contributed by atoms with van der Waals surface area (Å²) in [6, 6.07) is 5.07. The number of likely N-dealkylation sites (N-methyl/N-ethyl adjacent to an activating group) is 2. The average molecular weight is 253 g/mol. The number of aryl methyl sites for hydroxylation is 1. The van der Waals surface area contributed by atoms with Gasteiger partial charge in [0, 0.05) is 48.5 Å². The van der Waals surface area contributed by atoms with E-state index in [0.717, 1.165) is 13.1 Å². The fourth-order valence-corrected chi connectivity index (χ4v) is 3.12. The lowest BCUT2D eigenvalue weighted by Gasteiger charge is -2.37. The number of nitrogens with zero attached hydrogens (tertiary/aromatic N) is 2. The molecule has 1 aliphatic heterocycles. The molecule has 0 aromatic carbocycles. The monoisotopic (exact) mass is 253 g/mol. The van der Waals surface area contributed by atoms with E-state index in [2.05, 4.69) is 48.3 Å². The summed E-state index contributed by atoms with van der Waals surface area (Å²) in [5, 5.41) is 3.58. The number of nitrogens with one attached hydrogen (secondary N) is 1. The Morgan fingerprint density at radius 3 is 2.88 bits per heavy atom. The van der Waals surface area contributed by atoms with Crippen molar-refractivity contribution in [2.45, 2.75) is 19.5 Å². The number of hydrogen-bond donors (Lipinski definition) is 1. The first-order valence-electron chi connectivity index (χ1n) is 6.30. The molecule has 0 radical (unpaired) electrons. The van der Waals surface area contributed by atoms with Crippen LogP contribution in [0.4, 0.5) is 0 Å². The average Bonchev–Trinajstić information content (AvgIpc) is 2.69. The van der Waals surface area contributed by atoms with Crippen LogP contribution in [0.5, 0.6) is 0 Å². The maximum absolute atomic E-state index is 3.58. The minimum absolute atomic E-state index is 0.648. The van der Waals surface area contributed by atoms with Gasteiger partial charge < -0.3 is 10.2 Å². The molecule has 2 heterocycles. The van der Waals surface area contributed by atoms with E-state index < -0.39 is 0 Å². The van der Waals surface area contributed by atoms with Gasteiger partial charge in [-0.3, -0.25) is 4.90 Å². The third-order valence-electron chi connectivity index (χ3n) is 3.46. The van der Waals surface area contributed by atoms with Gasteiger partial charge in [0.1, 0.15) is 0 Å². The van der Waals surface area contributed by atoms with Crippen LogP contribution in [0.1, 0.15) is 9.75 Å². The van der Waals surface area contributed by atoms with Gasteiger partial charge in [0.15, 0.2) is 0 Å². The number of thiophene rings is 1. The lowest BCUT2D eigenvalue weighted by molar-refractivity contribution is 0.113. The van der Waals surface area contributed by atoms with E-state index in [9.17, 15) is 0 Å². The summed E-state index contributed by atoms with van der Waals surface area (Å²) in [4.78, 5) is 7.72. The van der Waals surface area contributed by atoms with Crippen molar-refractivity contribution in [3.63, 3.8) is 0 Å². The van der Waals surface area contributed by atoms with Gasteiger partial charge >= 0.3 is 0 Å². The highest BCUT2D eigenvalue weighted by atomic mass is 32.1. The summed E-state index contributed by atoms with van der Waals surface area (Å²) < 4.78 is 0. The highest BCUT2D eigenvalue weighted by Gasteiger charge is 2.21. The van der Waals surface area contributed by atoms with Crippen LogP contribution in [0.2, 0.25) is 0 Å². The van der Waals surface area contributed by atoms with Crippen molar-refractivity contribution in [1.82, 2.24) is 15.1 Å². The molecule has 0 saturated carbocycles. The second kappa shape index (κ2) is 5.96. The fourth-order valence-electron chi connectivity index (χ4n) is 2.26. The summed E-state index contributed by atoms with van der Waals surface area (Å²) in [7, 11) is 4.44. The fraction of sp³-hybridized carbons (Fsp3) is 0.692. The lowest BCUT2D eigenvalue weighted by atomic mass is 10.2. The third kappa shape index (κ3) is 3.78. The molecule has 1 aromatic rings. The Balaban J connectivity index is 1.74. The minimum Gasteiger partial charge on any atom is -0.310 e. The molecule has 0 bridgehead atoms. The lowest BCUT2D eigenvalue weighted by Crippen LogP contribution is -2.53. The van der Waals surface area contributed by atoms with Crippen LogP contribution >= 0.6 is 11.3 Å². The zero-order chi connectivity index (χ0) is 12.3. The van der Waals surface area contributed by atoms with Crippen LogP contribution in [0, 0.1) is 6.92 Å². The highest BCUT2D eigenvalue weighted by molar-refractivity contribution is 7.11. The minimum atomic E-state index is 0.648. The Morgan fingerprint density at radius 1 is 1.35 bits per heavy atom. The molecule has 1 fully saturated rings. The molecule has 1 atom stereocenters. The van der Waals surface area contributed by atoms with Crippen LogP contribution in [0.25, 0.3) is 0 Å². The SMILES string of the molecule is Cc1ccc(CNCC2CN(C)CCN2C)s1. The van der Waals surface area contributed by atoms with E-state index in [1.165, 1.54) is 29.4 Å². The smallest absolute Gasteiger partial charge is 0.0345 e. The molecule has 4 heteroatoms. The van der Waals surface area contributed by atoms with Gasteiger partial charge in [0.2, 0.25) is 0 Å². The molecule has 1 aliphatic rings. The Hall–Kier alpha value is -0.420. The standard InChI is InChI=1S/C13H23N3S/c1-11-4-5-13(17-11)9-14-8-12-10-15(2)6-7-16(12)3/h4-5,12,14H,6-10H2,1-3H3. The van der Waals surface area contributed by atoms with Crippen LogP contribution in [-0.4, -0.2) is 56.1 Å². The van der Waals surface area contributed by atoms with Gasteiger partial charge in [-0.25, -0.2) is 0 Å². The number of piperazine rings is 1. The first-order chi connectivity index (χ1) is 8.15. The Bertz CT molecular complexity index is 350. The van der Waals surface area contributed by atoms with E-state index in [1.54, 1.807) is 0 Å². The first kappa shape index (κ1) is 13.0. The zero-order valence-corrected chi connectivity index (χ0v) is 11.9. The molecule has 1 unspecified atom stereocenters. The first-order valence-corrected chi connectivity index (χ1v) is 7.11. The largest absolute Gasteiger partial charge is 0.310 e. The maximum atomic E-state index is 3.58. The van der Waals surface area contributed by atoms with Gasteiger partial charge in [-0.2, -0.15) is 0 Å². The van der Waals surface area contributed by atoms with E-state index in [-0.39, 0.29) is 0 Å². The van der Waals surface area contributed by atoms with Crippen molar-refractivity contribution in [1.29, 1.82) is 0 Å². The molecule has 96 valence electrons. The van der Waals surface area contributed by atoms with E-state index in [0.29, 0.717) is 6.04 Å². The Labute approximate surface area is 108 Å². The predicted molar refractivity (Wildman–Crippen MR) is 74.7 cm³/mol. The summed E-state index contributed by atoms with van der Waals surface area (Å²) in [6.45, 7) is 7.80. The van der Waals surface area contributed by atoms with E-state index in [1.807, 2.05) is 11.3 Å².